The number of hydrogen-bond donors (Lipinski definition) is 2. The Morgan fingerprint density at radius 1 is 1.40 bits per heavy atom. The van der Waals surface area contributed by atoms with Crippen molar-refractivity contribution in [3.8, 4) is 0 Å². The third-order valence-corrected chi connectivity index (χ3v) is 6.08. The molecular weight excluding hydrogens is 278 g/mol. The smallest absolute Gasteiger partial charge is 0.151 e. The molecule has 0 spiro atoms. The predicted octanol–water partition coefficient (Wildman–Crippen LogP) is 0.284. The zero-order chi connectivity index (χ0) is 14.9. The average Bonchev–Trinajstić information content (AvgIpc) is 2.77. The molecule has 2 atom stereocenters. The van der Waals surface area contributed by atoms with E-state index in [2.05, 4.69) is 0 Å². The van der Waals surface area contributed by atoms with Gasteiger partial charge in [-0.15, -0.1) is 0 Å². The lowest BCUT2D eigenvalue weighted by atomic mass is 9.68. The van der Waals surface area contributed by atoms with Crippen molar-refractivity contribution in [1.82, 2.24) is 0 Å². The Balaban J connectivity index is 2.52. The summed E-state index contributed by atoms with van der Waals surface area (Å²) in [5.41, 5.74) is 4.21. The summed E-state index contributed by atoms with van der Waals surface area (Å²) in [6.45, 7) is 0.116. The van der Waals surface area contributed by atoms with Gasteiger partial charge in [0.1, 0.15) is 5.60 Å². The van der Waals surface area contributed by atoms with Gasteiger partial charge in [0.15, 0.2) is 9.84 Å². The molecule has 0 saturated carbocycles. The van der Waals surface area contributed by atoms with E-state index in [1.165, 1.54) is 7.11 Å². The van der Waals surface area contributed by atoms with Crippen LogP contribution in [0.25, 0.3) is 0 Å². The fourth-order valence-corrected chi connectivity index (χ4v) is 5.23. The van der Waals surface area contributed by atoms with Crippen molar-refractivity contribution in [3.63, 3.8) is 0 Å². The first-order chi connectivity index (χ1) is 9.39. The Hall–Kier alpha value is -0.950. The lowest BCUT2D eigenvalue weighted by Crippen LogP contribution is -2.54. The highest BCUT2D eigenvalue weighted by Gasteiger charge is 2.56. The zero-order valence-electron chi connectivity index (χ0n) is 11.6. The Morgan fingerprint density at radius 3 is 2.50 bits per heavy atom. The Labute approximate surface area is 119 Å². The molecule has 1 aliphatic rings. The topological polar surface area (TPSA) is 89.6 Å². The van der Waals surface area contributed by atoms with E-state index in [4.69, 9.17) is 10.5 Å². The van der Waals surface area contributed by atoms with Crippen LogP contribution < -0.4 is 5.73 Å². The number of ether oxygens (including phenoxy) is 1. The molecule has 1 saturated heterocycles. The van der Waals surface area contributed by atoms with E-state index in [1.807, 2.05) is 18.2 Å². The molecule has 2 unspecified atom stereocenters. The Morgan fingerprint density at radius 2 is 2.05 bits per heavy atom. The van der Waals surface area contributed by atoms with E-state index < -0.39 is 20.9 Å². The van der Waals surface area contributed by atoms with Gasteiger partial charge in [-0.2, -0.15) is 0 Å². The maximum Gasteiger partial charge on any atom is 0.151 e. The summed E-state index contributed by atoms with van der Waals surface area (Å²) in [7, 11) is -1.68. The molecule has 5 nitrogen and oxygen atoms in total. The lowest BCUT2D eigenvalue weighted by molar-refractivity contribution is -0.119. The van der Waals surface area contributed by atoms with Gasteiger partial charge < -0.3 is 15.6 Å². The second-order valence-corrected chi connectivity index (χ2v) is 7.67. The first-order valence-corrected chi connectivity index (χ1v) is 8.39. The maximum absolute atomic E-state index is 11.9. The largest absolute Gasteiger partial charge is 0.382 e. The van der Waals surface area contributed by atoms with Crippen LogP contribution in [0.3, 0.4) is 0 Å². The van der Waals surface area contributed by atoms with Crippen molar-refractivity contribution >= 4 is 9.84 Å². The third-order valence-electron chi connectivity index (χ3n) is 4.26. The first-order valence-electron chi connectivity index (χ1n) is 6.56. The molecule has 1 aliphatic heterocycles. The Bertz CT molecular complexity index is 560. The quantitative estimate of drug-likeness (QED) is 0.815. The van der Waals surface area contributed by atoms with Gasteiger partial charge in [0, 0.05) is 19.1 Å². The number of nitrogens with two attached hydrogens (primary N) is 1. The maximum atomic E-state index is 11.9. The molecule has 1 aromatic carbocycles. The summed E-state index contributed by atoms with van der Waals surface area (Å²) in [5.74, 6) is -0.0473. The minimum atomic E-state index is -3.17. The van der Waals surface area contributed by atoms with E-state index in [1.54, 1.807) is 12.1 Å². The molecule has 0 aliphatic carbocycles. The molecule has 1 aromatic rings. The minimum Gasteiger partial charge on any atom is -0.382 e. The average molecular weight is 299 g/mol. The molecule has 6 heteroatoms. The molecule has 1 fully saturated rings. The van der Waals surface area contributed by atoms with E-state index in [9.17, 15) is 13.5 Å². The van der Waals surface area contributed by atoms with Crippen LogP contribution in [0, 0.1) is 5.41 Å². The monoisotopic (exact) mass is 299 g/mol. The van der Waals surface area contributed by atoms with Crippen LogP contribution >= 0.6 is 0 Å². The summed E-state index contributed by atoms with van der Waals surface area (Å²) in [6.07, 6.45) is 0.348. The van der Waals surface area contributed by atoms with Crippen LogP contribution in [-0.2, 0) is 20.2 Å². The fraction of sp³-hybridized carbons (Fsp3) is 0.571. The second kappa shape index (κ2) is 5.44. The van der Waals surface area contributed by atoms with Crippen molar-refractivity contribution in [2.24, 2.45) is 11.1 Å². The number of methoxy groups -OCH3 is 1. The highest BCUT2D eigenvalue weighted by Crippen LogP contribution is 2.47. The van der Waals surface area contributed by atoms with Crippen LogP contribution in [0.1, 0.15) is 12.0 Å². The number of rotatable bonds is 5. The molecular formula is C14H21NO4S. The highest BCUT2D eigenvalue weighted by atomic mass is 32.2. The van der Waals surface area contributed by atoms with Gasteiger partial charge in [-0.25, -0.2) is 8.42 Å². The number of hydrogen-bond acceptors (Lipinski definition) is 5. The number of aliphatic hydroxyl groups is 1. The molecule has 112 valence electrons. The predicted molar refractivity (Wildman–Crippen MR) is 77.0 cm³/mol. The molecule has 0 bridgehead atoms. The molecule has 0 aromatic heterocycles. The SMILES string of the molecule is COCC(O)(c1ccccc1)C1(CN)CCS(=O)(=O)C1. The normalized spacial score (nSPS) is 28.1. The van der Waals surface area contributed by atoms with Gasteiger partial charge in [0.2, 0.25) is 0 Å². The fourth-order valence-electron chi connectivity index (χ4n) is 3.04. The van der Waals surface area contributed by atoms with Gasteiger partial charge in [0.25, 0.3) is 0 Å². The van der Waals surface area contributed by atoms with Crippen molar-refractivity contribution in [1.29, 1.82) is 0 Å². The van der Waals surface area contributed by atoms with Gasteiger partial charge >= 0.3 is 0 Å². The number of benzene rings is 1. The van der Waals surface area contributed by atoms with Crippen molar-refractivity contribution in [2.45, 2.75) is 12.0 Å². The molecule has 0 amide bonds. The van der Waals surface area contributed by atoms with Crippen LogP contribution in [0.2, 0.25) is 0 Å². The van der Waals surface area contributed by atoms with Gasteiger partial charge in [-0.05, 0) is 12.0 Å². The highest BCUT2D eigenvalue weighted by molar-refractivity contribution is 7.91. The van der Waals surface area contributed by atoms with Crippen molar-refractivity contribution < 1.29 is 18.3 Å². The molecule has 20 heavy (non-hydrogen) atoms. The summed E-state index contributed by atoms with van der Waals surface area (Å²) in [6, 6.07) is 9.02. The second-order valence-electron chi connectivity index (χ2n) is 5.49. The standard InChI is InChI=1S/C14H21NO4S/c1-19-10-14(16,12-5-3-2-4-6-12)13(9-15)7-8-20(17,18)11-13/h2-6,16H,7-11,15H2,1H3. The van der Waals surface area contributed by atoms with Crippen molar-refractivity contribution in [3.05, 3.63) is 35.9 Å². The molecule has 1 heterocycles. The van der Waals surface area contributed by atoms with Crippen LogP contribution in [0.4, 0.5) is 0 Å². The van der Waals surface area contributed by atoms with Gasteiger partial charge in [-0.1, -0.05) is 30.3 Å². The van der Waals surface area contributed by atoms with Crippen LogP contribution in [0.5, 0.6) is 0 Å². The summed E-state index contributed by atoms with van der Waals surface area (Å²) < 4.78 is 28.9. The molecule has 2 rings (SSSR count). The van der Waals surface area contributed by atoms with Crippen LogP contribution in [-0.4, -0.2) is 45.3 Å². The zero-order valence-corrected chi connectivity index (χ0v) is 12.4. The van der Waals surface area contributed by atoms with Crippen molar-refractivity contribution in [2.75, 3.05) is 31.8 Å². The van der Waals surface area contributed by atoms with Crippen LogP contribution in [0.15, 0.2) is 30.3 Å². The van der Waals surface area contributed by atoms with E-state index in [0.29, 0.717) is 12.0 Å². The lowest BCUT2D eigenvalue weighted by Gasteiger charge is -2.43. The van der Waals surface area contributed by atoms with E-state index >= 15 is 0 Å². The summed E-state index contributed by atoms with van der Waals surface area (Å²) in [5, 5.41) is 11.2. The molecule has 3 N–H and O–H groups in total. The summed E-state index contributed by atoms with van der Waals surface area (Å²) in [4.78, 5) is 0. The van der Waals surface area contributed by atoms with E-state index in [0.717, 1.165) is 0 Å². The summed E-state index contributed by atoms with van der Waals surface area (Å²) >= 11 is 0. The number of sulfone groups is 1. The van der Waals surface area contributed by atoms with E-state index in [-0.39, 0.29) is 24.7 Å². The van der Waals surface area contributed by atoms with Gasteiger partial charge in [-0.3, -0.25) is 0 Å². The Kier molecular flexibility index (Phi) is 4.20. The third kappa shape index (κ3) is 2.48. The first kappa shape index (κ1) is 15.4. The minimum absolute atomic E-state index is 0.0176. The molecule has 0 radical (unpaired) electrons. The van der Waals surface area contributed by atoms with Gasteiger partial charge in [0.05, 0.1) is 18.1 Å².